The maximum Gasteiger partial charge on any atom is 0.117 e. The van der Waals surface area contributed by atoms with Crippen LogP contribution in [-0.2, 0) is 0 Å². The number of benzene rings is 2. The van der Waals surface area contributed by atoms with Crippen molar-refractivity contribution in [3.8, 4) is 0 Å². The fraction of sp³-hybridized carbons (Fsp3) is 0.538. The minimum absolute atomic E-state index is 0.176. The molecule has 0 spiro atoms. The van der Waals surface area contributed by atoms with Crippen LogP contribution in [0.1, 0.15) is 56.8 Å². The standard InChI is InChI=1S/C26H39N3O/c1-8-17-26(30)18(2)24(20-9-13-22(14-10-20)28(4)5)27-25(19(26)3)21-11-15-23(16-12-21)29(6)7/h9-16,18-19,24-25,27,30H,8,17H2,1-7H3/p+1/t18-,19-,24-,25+,26?/m0/s1. The van der Waals surface area contributed by atoms with Crippen molar-refractivity contribution >= 4 is 11.4 Å². The lowest BCUT2D eigenvalue weighted by Gasteiger charge is -2.49. The van der Waals surface area contributed by atoms with Gasteiger partial charge in [0.2, 0.25) is 0 Å². The highest BCUT2D eigenvalue weighted by Gasteiger charge is 2.53. The molecule has 164 valence electrons. The molecule has 0 amide bonds. The molecule has 0 aliphatic carbocycles. The van der Waals surface area contributed by atoms with E-state index in [0.717, 1.165) is 12.8 Å². The first-order chi connectivity index (χ1) is 14.2. The van der Waals surface area contributed by atoms with Crippen LogP contribution in [0.2, 0.25) is 0 Å². The first-order valence-electron chi connectivity index (χ1n) is 11.3. The second-order valence-electron chi connectivity index (χ2n) is 9.53. The summed E-state index contributed by atoms with van der Waals surface area (Å²) in [6.07, 6.45) is 1.82. The predicted molar refractivity (Wildman–Crippen MR) is 127 cm³/mol. The van der Waals surface area contributed by atoms with E-state index in [1.165, 1.54) is 22.5 Å². The number of hydrogen-bond donors (Lipinski definition) is 2. The number of hydrogen-bond acceptors (Lipinski definition) is 3. The fourth-order valence-electron chi connectivity index (χ4n) is 5.24. The molecule has 2 aromatic rings. The van der Waals surface area contributed by atoms with Crippen LogP contribution in [0.5, 0.6) is 0 Å². The minimum atomic E-state index is -0.681. The quantitative estimate of drug-likeness (QED) is 0.757. The molecule has 5 atom stereocenters. The van der Waals surface area contributed by atoms with E-state index in [1.807, 2.05) is 0 Å². The number of nitrogens with two attached hydrogens (primary N) is 1. The number of aliphatic hydroxyl groups is 1. The lowest BCUT2D eigenvalue weighted by atomic mass is 9.64. The zero-order valence-corrected chi connectivity index (χ0v) is 19.8. The van der Waals surface area contributed by atoms with Gasteiger partial charge in [-0.15, -0.1) is 0 Å². The maximum absolute atomic E-state index is 11.9. The lowest BCUT2D eigenvalue weighted by Crippen LogP contribution is -2.93. The average Bonchev–Trinajstić information content (AvgIpc) is 2.73. The number of anilines is 2. The van der Waals surface area contributed by atoms with Crippen LogP contribution in [0.3, 0.4) is 0 Å². The normalized spacial score (nSPS) is 28.9. The Balaban J connectivity index is 1.98. The van der Waals surface area contributed by atoms with Crippen molar-refractivity contribution in [3.63, 3.8) is 0 Å². The summed E-state index contributed by atoms with van der Waals surface area (Å²) in [5.74, 6) is 0.352. The molecule has 4 nitrogen and oxygen atoms in total. The molecule has 2 aromatic carbocycles. The summed E-state index contributed by atoms with van der Waals surface area (Å²) in [5, 5.41) is 14.4. The molecule has 4 heteroatoms. The Morgan fingerprint density at radius 2 is 1.13 bits per heavy atom. The highest BCUT2D eigenvalue weighted by Crippen LogP contribution is 2.45. The molecular formula is C26H40N3O+. The SMILES string of the molecule is CCCC1(O)[C@@H](C)[C@@H](c2ccc(N(C)C)cc2)[NH2+][C@@H](c2ccc(N(C)C)cc2)[C@@H]1C. The Morgan fingerprint density at radius 3 is 1.43 bits per heavy atom. The van der Waals surface area contributed by atoms with Gasteiger partial charge in [0.15, 0.2) is 0 Å². The van der Waals surface area contributed by atoms with Crippen LogP contribution in [0.25, 0.3) is 0 Å². The molecule has 1 unspecified atom stereocenters. The van der Waals surface area contributed by atoms with Gasteiger partial charge < -0.3 is 20.2 Å². The van der Waals surface area contributed by atoms with Crippen molar-refractivity contribution in [3.05, 3.63) is 59.7 Å². The number of rotatable bonds is 6. The summed E-state index contributed by atoms with van der Waals surface area (Å²) in [7, 11) is 8.28. The van der Waals surface area contributed by atoms with Crippen molar-refractivity contribution in [2.24, 2.45) is 11.8 Å². The second-order valence-corrected chi connectivity index (χ2v) is 9.53. The van der Waals surface area contributed by atoms with Gasteiger partial charge in [-0.1, -0.05) is 51.5 Å². The van der Waals surface area contributed by atoms with E-state index in [0.29, 0.717) is 0 Å². The third-order valence-corrected chi connectivity index (χ3v) is 7.31. The lowest BCUT2D eigenvalue weighted by molar-refractivity contribution is -0.764. The molecule has 3 rings (SSSR count). The molecule has 0 aromatic heterocycles. The Bertz CT molecular complexity index is 750. The maximum atomic E-state index is 11.9. The Labute approximate surface area is 182 Å². The summed E-state index contributed by atoms with van der Waals surface area (Å²) in [4.78, 5) is 4.25. The minimum Gasteiger partial charge on any atom is -0.389 e. The van der Waals surface area contributed by atoms with Crippen LogP contribution >= 0.6 is 0 Å². The Kier molecular flexibility index (Phi) is 6.78. The second kappa shape index (κ2) is 8.99. The first kappa shape index (κ1) is 22.6. The molecule has 1 fully saturated rings. The zero-order chi connectivity index (χ0) is 22.1. The number of piperidine rings is 1. The van der Waals surface area contributed by atoms with Crippen molar-refractivity contribution in [1.82, 2.24) is 0 Å². The van der Waals surface area contributed by atoms with Gasteiger partial charge in [-0.3, -0.25) is 0 Å². The van der Waals surface area contributed by atoms with Gasteiger partial charge in [-0.25, -0.2) is 0 Å². The van der Waals surface area contributed by atoms with E-state index >= 15 is 0 Å². The van der Waals surface area contributed by atoms with E-state index < -0.39 is 5.60 Å². The van der Waals surface area contributed by atoms with Gasteiger partial charge in [-0.2, -0.15) is 0 Å². The van der Waals surface area contributed by atoms with Gasteiger partial charge in [0, 0.05) is 62.5 Å². The molecule has 3 N–H and O–H groups in total. The van der Waals surface area contributed by atoms with Crippen LogP contribution in [0.15, 0.2) is 48.5 Å². The molecule has 0 radical (unpaired) electrons. The van der Waals surface area contributed by atoms with Gasteiger partial charge in [0.25, 0.3) is 0 Å². The third-order valence-electron chi connectivity index (χ3n) is 7.31. The smallest absolute Gasteiger partial charge is 0.117 e. The highest BCUT2D eigenvalue weighted by atomic mass is 16.3. The Hall–Kier alpha value is -2.04. The van der Waals surface area contributed by atoms with Gasteiger partial charge in [-0.05, 0) is 30.7 Å². The van der Waals surface area contributed by atoms with Crippen LogP contribution in [0, 0.1) is 11.8 Å². The molecule has 0 saturated carbocycles. The van der Waals surface area contributed by atoms with E-state index in [1.54, 1.807) is 0 Å². The van der Waals surface area contributed by atoms with Crippen molar-refractivity contribution < 1.29 is 10.4 Å². The topological polar surface area (TPSA) is 43.3 Å². The summed E-state index contributed by atoms with van der Waals surface area (Å²) in [6.45, 7) is 6.65. The van der Waals surface area contributed by atoms with Crippen molar-refractivity contribution in [2.45, 2.75) is 51.3 Å². The van der Waals surface area contributed by atoms with E-state index in [-0.39, 0.29) is 23.9 Å². The van der Waals surface area contributed by atoms with Crippen molar-refractivity contribution in [1.29, 1.82) is 0 Å². The van der Waals surface area contributed by atoms with Gasteiger partial charge in [0.1, 0.15) is 12.1 Å². The van der Waals surface area contributed by atoms with Gasteiger partial charge >= 0.3 is 0 Å². The monoisotopic (exact) mass is 410 g/mol. The summed E-state index contributed by atoms with van der Waals surface area (Å²) in [5.41, 5.74) is 4.32. The first-order valence-corrected chi connectivity index (χ1v) is 11.3. The summed E-state index contributed by atoms with van der Waals surface area (Å²) >= 11 is 0. The van der Waals surface area contributed by atoms with Crippen molar-refractivity contribution in [2.75, 3.05) is 38.0 Å². The molecule has 1 heterocycles. The fourth-order valence-corrected chi connectivity index (χ4v) is 5.24. The largest absolute Gasteiger partial charge is 0.389 e. The summed E-state index contributed by atoms with van der Waals surface area (Å²) in [6, 6.07) is 18.2. The molecule has 1 saturated heterocycles. The molecule has 1 aliphatic heterocycles. The van der Waals surface area contributed by atoms with E-state index in [9.17, 15) is 5.11 Å². The van der Waals surface area contributed by atoms with Crippen LogP contribution in [0.4, 0.5) is 11.4 Å². The highest BCUT2D eigenvalue weighted by molar-refractivity contribution is 5.47. The zero-order valence-electron chi connectivity index (χ0n) is 19.8. The number of quaternary nitrogens is 1. The average molecular weight is 411 g/mol. The summed E-state index contributed by atoms with van der Waals surface area (Å²) < 4.78 is 0. The predicted octanol–water partition coefficient (Wildman–Crippen LogP) is 3.98. The third kappa shape index (κ3) is 4.21. The van der Waals surface area contributed by atoms with Crippen LogP contribution < -0.4 is 15.1 Å². The molecule has 1 aliphatic rings. The molecule has 30 heavy (non-hydrogen) atoms. The van der Waals surface area contributed by atoms with Gasteiger partial charge in [0.05, 0.1) is 5.60 Å². The van der Waals surface area contributed by atoms with E-state index in [2.05, 4.69) is 113 Å². The molecule has 0 bridgehead atoms. The number of nitrogens with zero attached hydrogens (tertiary/aromatic N) is 2. The Morgan fingerprint density at radius 1 is 0.767 bits per heavy atom. The van der Waals surface area contributed by atoms with E-state index in [4.69, 9.17) is 0 Å². The van der Waals surface area contributed by atoms with Crippen LogP contribution in [-0.4, -0.2) is 38.9 Å². The molecular weight excluding hydrogens is 370 g/mol.